The molecule has 0 bridgehead atoms. The molecule has 1 aromatic carbocycles. The monoisotopic (exact) mass is 314 g/mol. The van der Waals surface area contributed by atoms with Crippen molar-refractivity contribution in [2.45, 2.75) is 17.8 Å². The Kier molecular flexibility index (Phi) is 4.03. The summed E-state index contributed by atoms with van der Waals surface area (Å²) in [5, 5.41) is 2.32. The summed E-state index contributed by atoms with van der Waals surface area (Å²) < 4.78 is 32.8. The topological polar surface area (TPSA) is 41.6 Å². The van der Waals surface area contributed by atoms with Crippen LogP contribution >= 0.6 is 11.8 Å². The van der Waals surface area contributed by atoms with E-state index in [1.807, 2.05) is 0 Å². The number of likely N-dealkylation sites (tertiary alicyclic amines) is 1. The zero-order valence-corrected chi connectivity index (χ0v) is 12.2. The fourth-order valence-electron chi connectivity index (χ4n) is 2.64. The van der Waals surface area contributed by atoms with E-state index in [0.717, 1.165) is 37.3 Å². The standard InChI is InChI=1S/C14H16F2N2O2S/c15-10-2-1-3-11(16)12(10)17-13(19)18-6-4-14(5-7-18)20-8-9-21-14/h1-3H,4-9H2,(H,17,19). The molecule has 2 amide bonds. The smallest absolute Gasteiger partial charge is 0.322 e. The van der Waals surface area contributed by atoms with Crippen LogP contribution in [0.5, 0.6) is 0 Å². The molecule has 0 aliphatic carbocycles. The van der Waals surface area contributed by atoms with E-state index in [1.165, 1.54) is 6.07 Å². The molecular formula is C14H16F2N2O2S. The molecule has 0 atom stereocenters. The largest absolute Gasteiger partial charge is 0.363 e. The third-order valence-corrected chi connectivity index (χ3v) is 5.24. The van der Waals surface area contributed by atoms with E-state index in [4.69, 9.17) is 4.74 Å². The molecule has 2 aliphatic heterocycles. The number of anilines is 1. The number of urea groups is 1. The summed E-state index contributed by atoms with van der Waals surface area (Å²) in [5.74, 6) is -0.565. The number of halogens is 2. The zero-order chi connectivity index (χ0) is 14.9. The number of piperidine rings is 1. The van der Waals surface area contributed by atoms with E-state index >= 15 is 0 Å². The molecule has 0 radical (unpaired) electrons. The molecular weight excluding hydrogens is 298 g/mol. The van der Waals surface area contributed by atoms with E-state index in [1.54, 1.807) is 16.7 Å². The molecule has 21 heavy (non-hydrogen) atoms. The Morgan fingerprint density at radius 3 is 2.52 bits per heavy atom. The minimum Gasteiger partial charge on any atom is -0.363 e. The van der Waals surface area contributed by atoms with Crippen LogP contribution in [-0.2, 0) is 4.74 Å². The number of rotatable bonds is 1. The highest BCUT2D eigenvalue weighted by molar-refractivity contribution is 8.00. The van der Waals surface area contributed by atoms with Gasteiger partial charge in [-0.15, -0.1) is 11.8 Å². The summed E-state index contributed by atoms with van der Waals surface area (Å²) in [5.41, 5.74) is -0.394. The van der Waals surface area contributed by atoms with Gasteiger partial charge in [0.2, 0.25) is 0 Å². The van der Waals surface area contributed by atoms with Crippen molar-refractivity contribution in [2.75, 3.05) is 30.8 Å². The van der Waals surface area contributed by atoms with Crippen LogP contribution < -0.4 is 5.32 Å². The SMILES string of the molecule is O=C(Nc1c(F)cccc1F)N1CCC2(CC1)OCCS2. The first-order valence-electron chi connectivity index (χ1n) is 6.87. The number of thioether (sulfide) groups is 1. The van der Waals surface area contributed by atoms with E-state index in [2.05, 4.69) is 5.32 Å². The molecule has 2 aliphatic rings. The van der Waals surface area contributed by atoms with E-state index in [-0.39, 0.29) is 4.93 Å². The lowest BCUT2D eigenvalue weighted by atomic mass is 10.1. The predicted molar refractivity (Wildman–Crippen MR) is 77.3 cm³/mol. The number of benzene rings is 1. The molecule has 0 saturated carbocycles. The number of hydrogen-bond acceptors (Lipinski definition) is 3. The van der Waals surface area contributed by atoms with Crippen molar-refractivity contribution in [1.82, 2.24) is 4.90 Å². The lowest BCUT2D eigenvalue weighted by Gasteiger charge is -2.37. The quantitative estimate of drug-likeness (QED) is 0.866. The average Bonchev–Trinajstić information content (AvgIpc) is 2.92. The van der Waals surface area contributed by atoms with Gasteiger partial charge in [-0.2, -0.15) is 0 Å². The van der Waals surface area contributed by atoms with Gasteiger partial charge in [0.05, 0.1) is 6.61 Å². The molecule has 0 unspecified atom stereocenters. The molecule has 2 fully saturated rings. The highest BCUT2D eigenvalue weighted by Gasteiger charge is 2.40. The van der Waals surface area contributed by atoms with Gasteiger partial charge < -0.3 is 15.0 Å². The fraction of sp³-hybridized carbons (Fsp3) is 0.500. The molecule has 7 heteroatoms. The molecule has 2 saturated heterocycles. The minimum absolute atomic E-state index is 0.167. The van der Waals surface area contributed by atoms with Gasteiger partial charge in [-0.3, -0.25) is 0 Å². The van der Waals surface area contributed by atoms with Gasteiger partial charge >= 0.3 is 6.03 Å². The van der Waals surface area contributed by atoms with Crippen LogP contribution in [0.4, 0.5) is 19.3 Å². The first-order valence-corrected chi connectivity index (χ1v) is 7.86. The minimum atomic E-state index is -0.772. The number of nitrogens with zero attached hydrogens (tertiary/aromatic N) is 1. The molecule has 1 aromatic rings. The summed E-state index contributed by atoms with van der Waals surface area (Å²) in [4.78, 5) is 13.5. The van der Waals surface area contributed by atoms with Crippen LogP contribution in [0.3, 0.4) is 0 Å². The Balaban J connectivity index is 1.62. The molecule has 4 nitrogen and oxygen atoms in total. The van der Waals surface area contributed by atoms with Gasteiger partial charge in [-0.05, 0) is 12.1 Å². The number of nitrogens with one attached hydrogen (secondary N) is 1. The van der Waals surface area contributed by atoms with Crippen LogP contribution in [0.2, 0.25) is 0 Å². The number of para-hydroxylation sites is 1. The van der Waals surface area contributed by atoms with Crippen molar-refractivity contribution < 1.29 is 18.3 Å². The average molecular weight is 314 g/mol. The Bertz CT molecular complexity index is 520. The fourth-order valence-corrected chi connectivity index (χ4v) is 3.82. The van der Waals surface area contributed by atoms with Gasteiger partial charge in [-0.25, -0.2) is 13.6 Å². The highest BCUT2D eigenvalue weighted by Crippen LogP contribution is 2.41. The van der Waals surface area contributed by atoms with Gasteiger partial charge in [0, 0.05) is 31.7 Å². The number of carbonyl (C=O) groups excluding carboxylic acids is 1. The summed E-state index contributed by atoms with van der Waals surface area (Å²) in [6.45, 7) is 1.79. The van der Waals surface area contributed by atoms with Crippen LogP contribution in [0.1, 0.15) is 12.8 Å². The summed E-state index contributed by atoms with van der Waals surface area (Å²) in [6, 6.07) is 3.02. The molecule has 3 rings (SSSR count). The van der Waals surface area contributed by atoms with Crippen molar-refractivity contribution in [3.8, 4) is 0 Å². The van der Waals surface area contributed by atoms with Gasteiger partial charge in [0.1, 0.15) is 22.3 Å². The third-order valence-electron chi connectivity index (χ3n) is 3.82. The van der Waals surface area contributed by atoms with Crippen molar-refractivity contribution >= 4 is 23.5 Å². The van der Waals surface area contributed by atoms with Crippen molar-refractivity contribution in [3.05, 3.63) is 29.8 Å². The summed E-state index contributed by atoms with van der Waals surface area (Å²) in [6.07, 6.45) is 1.48. The molecule has 2 heterocycles. The second-order valence-corrected chi connectivity index (χ2v) is 6.56. The van der Waals surface area contributed by atoms with Gasteiger partial charge in [0.25, 0.3) is 0 Å². The van der Waals surface area contributed by atoms with Gasteiger partial charge in [-0.1, -0.05) is 6.07 Å². The second kappa shape index (κ2) is 5.81. The molecule has 1 N–H and O–H groups in total. The highest BCUT2D eigenvalue weighted by atomic mass is 32.2. The van der Waals surface area contributed by atoms with Crippen molar-refractivity contribution in [2.24, 2.45) is 0 Å². The van der Waals surface area contributed by atoms with Crippen LogP contribution in [-0.4, -0.2) is 41.3 Å². The van der Waals surface area contributed by atoms with Crippen molar-refractivity contribution in [1.29, 1.82) is 0 Å². The summed E-state index contributed by atoms with van der Waals surface area (Å²) in [7, 11) is 0. The Hall–Kier alpha value is -1.34. The Labute approximate surface area is 125 Å². The number of hydrogen-bond donors (Lipinski definition) is 1. The predicted octanol–water partition coefficient (Wildman–Crippen LogP) is 3.05. The Morgan fingerprint density at radius 2 is 1.95 bits per heavy atom. The third kappa shape index (κ3) is 2.98. The second-order valence-electron chi connectivity index (χ2n) is 5.12. The lowest BCUT2D eigenvalue weighted by Crippen LogP contribution is -2.46. The van der Waals surface area contributed by atoms with Crippen LogP contribution in [0, 0.1) is 11.6 Å². The maximum absolute atomic E-state index is 13.5. The first-order chi connectivity index (χ1) is 10.1. The number of amides is 2. The first kappa shape index (κ1) is 14.6. The molecule has 0 aromatic heterocycles. The molecule has 114 valence electrons. The van der Waals surface area contributed by atoms with Gasteiger partial charge in [0.15, 0.2) is 0 Å². The number of carbonyl (C=O) groups is 1. The maximum Gasteiger partial charge on any atom is 0.322 e. The van der Waals surface area contributed by atoms with E-state index in [9.17, 15) is 13.6 Å². The Morgan fingerprint density at radius 1 is 1.29 bits per heavy atom. The van der Waals surface area contributed by atoms with Crippen LogP contribution in [0.25, 0.3) is 0 Å². The van der Waals surface area contributed by atoms with E-state index in [0.29, 0.717) is 13.1 Å². The summed E-state index contributed by atoms with van der Waals surface area (Å²) >= 11 is 1.79. The van der Waals surface area contributed by atoms with Crippen LogP contribution in [0.15, 0.2) is 18.2 Å². The normalized spacial score (nSPS) is 20.8. The maximum atomic E-state index is 13.5. The lowest BCUT2D eigenvalue weighted by molar-refractivity contribution is 0.0105. The van der Waals surface area contributed by atoms with E-state index < -0.39 is 23.4 Å². The number of ether oxygens (including phenoxy) is 1. The molecule has 1 spiro atoms. The zero-order valence-electron chi connectivity index (χ0n) is 11.4. The van der Waals surface area contributed by atoms with Crippen molar-refractivity contribution in [3.63, 3.8) is 0 Å².